The van der Waals surface area contributed by atoms with Crippen molar-refractivity contribution in [3.05, 3.63) is 29.3 Å². The van der Waals surface area contributed by atoms with E-state index in [1.807, 2.05) is 0 Å². The molecule has 1 aliphatic carbocycles. The van der Waals surface area contributed by atoms with Gasteiger partial charge in [0.25, 0.3) is 5.91 Å². The van der Waals surface area contributed by atoms with Gasteiger partial charge in [0.05, 0.1) is 18.3 Å². The molecule has 1 aromatic carbocycles. The number of nitrogens with zero attached hydrogens (tertiary/aromatic N) is 1. The lowest BCUT2D eigenvalue weighted by atomic mass is 9.81. The SMILES string of the molecule is C[C@H](OC(=O)CCN1C(=O)[C@H]2CCCC[C@H]2C1=O)C(=O)Nc1cccc(Cl)c1. The minimum absolute atomic E-state index is 0.00781. The number of rotatable bonds is 6. The molecule has 3 rings (SSSR count). The van der Waals surface area contributed by atoms with Crippen LogP contribution in [0.25, 0.3) is 0 Å². The highest BCUT2D eigenvalue weighted by molar-refractivity contribution is 6.30. The van der Waals surface area contributed by atoms with E-state index in [4.69, 9.17) is 16.3 Å². The first-order valence-electron chi connectivity index (χ1n) is 9.48. The predicted molar refractivity (Wildman–Crippen MR) is 102 cm³/mol. The van der Waals surface area contributed by atoms with Gasteiger partial charge in [0.2, 0.25) is 11.8 Å². The van der Waals surface area contributed by atoms with Crippen molar-refractivity contribution in [3.8, 4) is 0 Å². The van der Waals surface area contributed by atoms with Crippen LogP contribution < -0.4 is 5.32 Å². The number of anilines is 1. The van der Waals surface area contributed by atoms with Crippen LogP contribution in [0, 0.1) is 11.8 Å². The first kappa shape index (κ1) is 20.3. The molecule has 1 aliphatic heterocycles. The average Bonchev–Trinajstić information content (AvgIpc) is 2.91. The summed E-state index contributed by atoms with van der Waals surface area (Å²) in [6, 6.07) is 6.62. The summed E-state index contributed by atoms with van der Waals surface area (Å²) in [4.78, 5) is 50.2. The zero-order valence-corrected chi connectivity index (χ0v) is 16.4. The number of amides is 3. The third kappa shape index (κ3) is 4.52. The van der Waals surface area contributed by atoms with Crippen molar-refractivity contribution < 1.29 is 23.9 Å². The predicted octanol–water partition coefficient (Wildman–Crippen LogP) is 2.78. The average molecular weight is 407 g/mol. The molecule has 1 saturated heterocycles. The molecule has 1 heterocycles. The molecule has 1 aromatic rings. The molecule has 2 aliphatic rings. The minimum atomic E-state index is -1.01. The number of fused-ring (bicyclic) bond motifs is 1. The van der Waals surface area contributed by atoms with E-state index in [1.165, 1.54) is 11.8 Å². The molecule has 0 radical (unpaired) electrons. The second-order valence-electron chi connectivity index (χ2n) is 7.21. The Morgan fingerprint density at radius 1 is 1.21 bits per heavy atom. The van der Waals surface area contributed by atoms with Crippen LogP contribution in [-0.4, -0.2) is 41.2 Å². The number of nitrogens with one attached hydrogen (secondary N) is 1. The number of carbonyl (C=O) groups is 4. The Morgan fingerprint density at radius 3 is 2.46 bits per heavy atom. The van der Waals surface area contributed by atoms with Crippen molar-refractivity contribution in [3.63, 3.8) is 0 Å². The quantitative estimate of drug-likeness (QED) is 0.579. The fourth-order valence-corrected chi connectivity index (χ4v) is 3.96. The van der Waals surface area contributed by atoms with Crippen LogP contribution in [-0.2, 0) is 23.9 Å². The summed E-state index contributed by atoms with van der Waals surface area (Å²) in [5.74, 6) is -1.97. The van der Waals surface area contributed by atoms with Gasteiger partial charge in [-0.15, -0.1) is 0 Å². The summed E-state index contributed by atoms with van der Waals surface area (Å²) in [6.07, 6.45) is 2.23. The molecule has 3 amide bonds. The maximum absolute atomic E-state index is 12.4. The number of hydrogen-bond acceptors (Lipinski definition) is 5. The molecule has 0 bridgehead atoms. The largest absolute Gasteiger partial charge is 0.452 e. The Morgan fingerprint density at radius 2 is 1.86 bits per heavy atom. The molecule has 28 heavy (non-hydrogen) atoms. The van der Waals surface area contributed by atoms with Crippen LogP contribution >= 0.6 is 11.6 Å². The number of ether oxygens (including phenoxy) is 1. The van der Waals surface area contributed by atoms with Gasteiger partial charge in [0.15, 0.2) is 6.10 Å². The highest BCUT2D eigenvalue weighted by Gasteiger charge is 2.47. The first-order valence-corrected chi connectivity index (χ1v) is 9.85. The summed E-state index contributed by atoms with van der Waals surface area (Å²) < 4.78 is 5.13. The van der Waals surface area contributed by atoms with Gasteiger partial charge < -0.3 is 10.1 Å². The molecule has 0 spiro atoms. The van der Waals surface area contributed by atoms with Gasteiger partial charge in [0, 0.05) is 17.3 Å². The second kappa shape index (κ2) is 8.73. The van der Waals surface area contributed by atoms with Crippen LogP contribution in [0.2, 0.25) is 5.02 Å². The molecule has 150 valence electrons. The molecule has 0 unspecified atom stereocenters. The molecule has 2 fully saturated rings. The Kier molecular flexibility index (Phi) is 6.34. The minimum Gasteiger partial charge on any atom is -0.452 e. The fourth-order valence-electron chi connectivity index (χ4n) is 3.77. The normalized spacial score (nSPS) is 22.6. The van der Waals surface area contributed by atoms with E-state index in [9.17, 15) is 19.2 Å². The van der Waals surface area contributed by atoms with Crippen molar-refractivity contribution in [2.45, 2.75) is 45.1 Å². The fraction of sp³-hybridized carbons (Fsp3) is 0.500. The molecular weight excluding hydrogens is 384 g/mol. The van der Waals surface area contributed by atoms with Crippen LogP contribution in [0.15, 0.2) is 24.3 Å². The van der Waals surface area contributed by atoms with Crippen LogP contribution in [0.3, 0.4) is 0 Å². The standard InChI is InChI=1S/C20H23ClN2O5/c1-12(18(25)22-14-6-4-5-13(21)11-14)28-17(24)9-10-23-19(26)15-7-2-3-8-16(15)20(23)27/h4-6,11-12,15-16H,2-3,7-10H2,1H3,(H,22,25)/t12-,15-,16+/m0/s1. The van der Waals surface area contributed by atoms with Crippen molar-refractivity contribution >= 4 is 41.0 Å². The number of halogens is 1. The Hall–Kier alpha value is -2.41. The van der Waals surface area contributed by atoms with Crippen molar-refractivity contribution in [2.75, 3.05) is 11.9 Å². The van der Waals surface area contributed by atoms with Crippen molar-refractivity contribution in [1.29, 1.82) is 0 Å². The second-order valence-corrected chi connectivity index (χ2v) is 7.64. The summed E-state index contributed by atoms with van der Waals surface area (Å²) in [5.41, 5.74) is 0.497. The van der Waals surface area contributed by atoms with Gasteiger partial charge in [-0.1, -0.05) is 30.5 Å². The van der Waals surface area contributed by atoms with Gasteiger partial charge in [0.1, 0.15) is 0 Å². The van der Waals surface area contributed by atoms with Gasteiger partial charge in [-0.2, -0.15) is 0 Å². The zero-order chi connectivity index (χ0) is 20.3. The summed E-state index contributed by atoms with van der Waals surface area (Å²) in [7, 11) is 0. The molecule has 1 N–H and O–H groups in total. The molecular formula is C20H23ClN2O5. The molecule has 0 aromatic heterocycles. The number of hydrogen-bond donors (Lipinski definition) is 1. The molecule has 7 nitrogen and oxygen atoms in total. The lowest BCUT2D eigenvalue weighted by molar-refractivity contribution is -0.154. The monoisotopic (exact) mass is 406 g/mol. The smallest absolute Gasteiger partial charge is 0.308 e. The maximum atomic E-state index is 12.4. The van der Waals surface area contributed by atoms with E-state index >= 15 is 0 Å². The van der Waals surface area contributed by atoms with Gasteiger partial charge in [-0.05, 0) is 38.0 Å². The number of esters is 1. The summed E-state index contributed by atoms with van der Waals surface area (Å²) in [6.45, 7) is 1.45. The van der Waals surface area contributed by atoms with Crippen LogP contribution in [0.5, 0.6) is 0 Å². The molecule has 8 heteroatoms. The van der Waals surface area contributed by atoms with Crippen LogP contribution in [0.4, 0.5) is 5.69 Å². The number of likely N-dealkylation sites (tertiary alicyclic amines) is 1. The Balaban J connectivity index is 1.48. The summed E-state index contributed by atoms with van der Waals surface area (Å²) in [5, 5.41) is 3.09. The number of carbonyl (C=O) groups excluding carboxylic acids is 4. The third-order valence-electron chi connectivity index (χ3n) is 5.24. The Labute approximate surface area is 168 Å². The number of benzene rings is 1. The van der Waals surface area contributed by atoms with E-state index in [2.05, 4.69) is 5.32 Å². The molecule has 1 saturated carbocycles. The van der Waals surface area contributed by atoms with Gasteiger partial charge in [-0.25, -0.2) is 0 Å². The zero-order valence-electron chi connectivity index (χ0n) is 15.7. The van der Waals surface area contributed by atoms with Crippen molar-refractivity contribution in [1.82, 2.24) is 4.90 Å². The highest BCUT2D eigenvalue weighted by Crippen LogP contribution is 2.37. The van der Waals surface area contributed by atoms with E-state index in [-0.39, 0.29) is 36.6 Å². The van der Waals surface area contributed by atoms with Gasteiger partial charge >= 0.3 is 5.97 Å². The van der Waals surface area contributed by atoms with E-state index in [0.717, 1.165) is 25.7 Å². The lowest BCUT2D eigenvalue weighted by Crippen LogP contribution is -2.35. The Bertz CT molecular complexity index is 773. The van der Waals surface area contributed by atoms with E-state index in [1.54, 1.807) is 24.3 Å². The maximum Gasteiger partial charge on any atom is 0.308 e. The van der Waals surface area contributed by atoms with Gasteiger partial charge in [-0.3, -0.25) is 24.1 Å². The van der Waals surface area contributed by atoms with E-state index < -0.39 is 18.0 Å². The number of imide groups is 1. The topological polar surface area (TPSA) is 92.8 Å². The third-order valence-corrected chi connectivity index (χ3v) is 5.48. The first-order chi connectivity index (χ1) is 13.4. The summed E-state index contributed by atoms with van der Waals surface area (Å²) >= 11 is 5.87. The van der Waals surface area contributed by atoms with E-state index in [0.29, 0.717) is 10.7 Å². The van der Waals surface area contributed by atoms with Crippen molar-refractivity contribution in [2.24, 2.45) is 11.8 Å². The molecule has 3 atom stereocenters. The lowest BCUT2D eigenvalue weighted by Gasteiger charge is -2.19. The van der Waals surface area contributed by atoms with Crippen LogP contribution in [0.1, 0.15) is 39.0 Å². The highest BCUT2D eigenvalue weighted by atomic mass is 35.5.